The maximum absolute atomic E-state index is 3.77. The Hall–Kier alpha value is -0.0400. The molecular weight excluding hydrogens is 182 g/mol. The Labute approximate surface area is 95.0 Å². The second-order valence-corrected chi connectivity index (χ2v) is 5.68. The fourth-order valence-corrected chi connectivity index (χ4v) is 3.42. The molecule has 0 heterocycles. The van der Waals surface area contributed by atoms with Crippen molar-refractivity contribution in [1.29, 1.82) is 0 Å². The first kappa shape index (κ1) is 11.4. The van der Waals surface area contributed by atoms with Crippen LogP contribution >= 0.6 is 0 Å². The van der Waals surface area contributed by atoms with E-state index in [-0.39, 0.29) is 0 Å². The third-order valence-electron chi connectivity index (χ3n) is 4.58. The molecule has 15 heavy (non-hydrogen) atoms. The molecule has 1 N–H and O–H groups in total. The first-order chi connectivity index (χ1) is 7.38. The van der Waals surface area contributed by atoms with Gasteiger partial charge in [-0.3, -0.25) is 0 Å². The Morgan fingerprint density at radius 3 is 2.47 bits per heavy atom. The Balaban J connectivity index is 1.54. The zero-order valence-corrected chi connectivity index (χ0v) is 10.3. The Kier molecular flexibility index (Phi) is 4.49. The van der Waals surface area contributed by atoms with Crippen molar-refractivity contribution >= 4 is 0 Å². The van der Waals surface area contributed by atoms with Crippen LogP contribution in [0.1, 0.15) is 64.7 Å². The predicted octanol–water partition coefficient (Wildman–Crippen LogP) is 3.74. The molecule has 2 atom stereocenters. The normalized spacial score (nSPS) is 32.6. The second kappa shape index (κ2) is 5.89. The van der Waals surface area contributed by atoms with Gasteiger partial charge in [-0.25, -0.2) is 0 Å². The molecule has 0 aliphatic heterocycles. The van der Waals surface area contributed by atoms with Gasteiger partial charge in [-0.05, 0) is 44.1 Å². The highest BCUT2D eigenvalue weighted by atomic mass is 14.9. The van der Waals surface area contributed by atoms with Crippen molar-refractivity contribution in [3.63, 3.8) is 0 Å². The average Bonchev–Trinajstić information content (AvgIpc) is 2.88. The molecule has 0 aromatic heterocycles. The third kappa shape index (κ3) is 3.48. The molecule has 0 spiro atoms. The van der Waals surface area contributed by atoms with Crippen LogP contribution in [0, 0.1) is 11.8 Å². The molecule has 88 valence electrons. The van der Waals surface area contributed by atoms with Crippen molar-refractivity contribution in [3.8, 4) is 0 Å². The minimum Gasteiger partial charge on any atom is -0.314 e. The molecular formula is C14H27N. The van der Waals surface area contributed by atoms with Gasteiger partial charge in [-0.15, -0.1) is 0 Å². The fraction of sp³-hybridized carbons (Fsp3) is 1.00. The van der Waals surface area contributed by atoms with Gasteiger partial charge in [-0.1, -0.05) is 39.0 Å². The van der Waals surface area contributed by atoms with E-state index < -0.39 is 0 Å². The summed E-state index contributed by atoms with van der Waals surface area (Å²) in [5, 5.41) is 3.77. The fourth-order valence-electron chi connectivity index (χ4n) is 3.42. The minimum atomic E-state index is 0.858. The molecule has 0 bridgehead atoms. The molecule has 1 nitrogen and oxygen atoms in total. The monoisotopic (exact) mass is 209 g/mol. The van der Waals surface area contributed by atoms with E-state index in [2.05, 4.69) is 12.2 Å². The topological polar surface area (TPSA) is 12.0 Å². The summed E-state index contributed by atoms with van der Waals surface area (Å²) in [6, 6.07) is 0.858. The van der Waals surface area contributed by atoms with Crippen LogP contribution in [0.25, 0.3) is 0 Å². The van der Waals surface area contributed by atoms with Gasteiger partial charge in [0.05, 0.1) is 0 Å². The molecule has 2 rings (SSSR count). The maximum atomic E-state index is 3.77. The summed E-state index contributed by atoms with van der Waals surface area (Å²) in [6.45, 7) is 3.62. The predicted molar refractivity (Wildman–Crippen MR) is 66.0 cm³/mol. The van der Waals surface area contributed by atoms with Gasteiger partial charge in [0.2, 0.25) is 0 Å². The lowest BCUT2D eigenvalue weighted by atomic mass is 10.0. The van der Waals surface area contributed by atoms with Gasteiger partial charge in [0.15, 0.2) is 0 Å². The number of rotatable bonds is 5. The largest absolute Gasteiger partial charge is 0.314 e. The summed E-state index contributed by atoms with van der Waals surface area (Å²) in [7, 11) is 0. The number of hydrogen-bond donors (Lipinski definition) is 1. The molecule has 2 aliphatic carbocycles. The summed E-state index contributed by atoms with van der Waals surface area (Å²) in [6.07, 6.45) is 13.2. The SMILES string of the molecule is CCC1CCC(NCCC2CCCC2)C1. The molecule has 2 saturated carbocycles. The van der Waals surface area contributed by atoms with E-state index in [1.807, 2.05) is 0 Å². The van der Waals surface area contributed by atoms with Crippen molar-refractivity contribution in [2.24, 2.45) is 11.8 Å². The van der Waals surface area contributed by atoms with Crippen molar-refractivity contribution in [3.05, 3.63) is 0 Å². The quantitative estimate of drug-likeness (QED) is 0.727. The lowest BCUT2D eigenvalue weighted by Crippen LogP contribution is -2.28. The molecule has 0 aromatic rings. The zero-order chi connectivity index (χ0) is 10.5. The van der Waals surface area contributed by atoms with Gasteiger partial charge in [0, 0.05) is 6.04 Å². The highest BCUT2D eigenvalue weighted by Gasteiger charge is 2.23. The molecule has 0 amide bonds. The summed E-state index contributed by atoms with van der Waals surface area (Å²) in [4.78, 5) is 0. The van der Waals surface area contributed by atoms with Crippen molar-refractivity contribution in [2.75, 3.05) is 6.54 Å². The van der Waals surface area contributed by atoms with Crippen LogP contribution < -0.4 is 5.32 Å². The summed E-state index contributed by atoms with van der Waals surface area (Å²) in [5.74, 6) is 2.08. The number of hydrogen-bond acceptors (Lipinski definition) is 1. The average molecular weight is 209 g/mol. The smallest absolute Gasteiger partial charge is 0.00698 e. The number of nitrogens with one attached hydrogen (secondary N) is 1. The van der Waals surface area contributed by atoms with Gasteiger partial charge in [-0.2, -0.15) is 0 Å². The maximum Gasteiger partial charge on any atom is 0.00698 e. The zero-order valence-electron chi connectivity index (χ0n) is 10.3. The van der Waals surface area contributed by atoms with Crippen LogP contribution in [0.2, 0.25) is 0 Å². The Morgan fingerprint density at radius 2 is 1.80 bits per heavy atom. The van der Waals surface area contributed by atoms with Crippen LogP contribution in [-0.4, -0.2) is 12.6 Å². The van der Waals surface area contributed by atoms with E-state index in [0.29, 0.717) is 0 Å². The summed E-state index contributed by atoms with van der Waals surface area (Å²) in [5.41, 5.74) is 0. The lowest BCUT2D eigenvalue weighted by Gasteiger charge is -2.15. The standard InChI is InChI=1S/C14H27N/c1-2-12-7-8-14(11-12)15-10-9-13-5-3-4-6-13/h12-15H,2-11H2,1H3. The first-order valence-electron chi connectivity index (χ1n) is 7.12. The molecule has 0 radical (unpaired) electrons. The Morgan fingerprint density at radius 1 is 1.00 bits per heavy atom. The van der Waals surface area contributed by atoms with Crippen LogP contribution in [0.15, 0.2) is 0 Å². The van der Waals surface area contributed by atoms with Gasteiger partial charge in [0.25, 0.3) is 0 Å². The second-order valence-electron chi connectivity index (χ2n) is 5.68. The van der Waals surface area contributed by atoms with Gasteiger partial charge < -0.3 is 5.32 Å². The highest BCUT2D eigenvalue weighted by Crippen LogP contribution is 2.29. The Bertz CT molecular complexity index is 172. The summed E-state index contributed by atoms with van der Waals surface area (Å²) >= 11 is 0. The van der Waals surface area contributed by atoms with Crippen LogP contribution in [0.3, 0.4) is 0 Å². The van der Waals surface area contributed by atoms with E-state index in [1.165, 1.54) is 64.3 Å². The molecule has 2 unspecified atom stereocenters. The van der Waals surface area contributed by atoms with Crippen LogP contribution in [0.5, 0.6) is 0 Å². The van der Waals surface area contributed by atoms with Crippen LogP contribution in [-0.2, 0) is 0 Å². The van der Waals surface area contributed by atoms with Crippen molar-refractivity contribution in [2.45, 2.75) is 70.8 Å². The van der Waals surface area contributed by atoms with E-state index in [9.17, 15) is 0 Å². The first-order valence-corrected chi connectivity index (χ1v) is 7.12. The van der Waals surface area contributed by atoms with Crippen LogP contribution in [0.4, 0.5) is 0 Å². The highest BCUT2D eigenvalue weighted by molar-refractivity contribution is 4.80. The molecule has 2 aliphatic rings. The molecule has 0 saturated heterocycles. The lowest BCUT2D eigenvalue weighted by molar-refractivity contribution is 0.429. The van der Waals surface area contributed by atoms with Gasteiger partial charge >= 0.3 is 0 Å². The van der Waals surface area contributed by atoms with Crippen molar-refractivity contribution in [1.82, 2.24) is 5.32 Å². The summed E-state index contributed by atoms with van der Waals surface area (Å²) < 4.78 is 0. The van der Waals surface area contributed by atoms with E-state index >= 15 is 0 Å². The van der Waals surface area contributed by atoms with Crippen molar-refractivity contribution < 1.29 is 0 Å². The molecule has 0 aromatic carbocycles. The molecule has 2 fully saturated rings. The van der Waals surface area contributed by atoms with E-state index in [4.69, 9.17) is 0 Å². The minimum absolute atomic E-state index is 0.858. The van der Waals surface area contributed by atoms with Gasteiger partial charge in [0.1, 0.15) is 0 Å². The molecule has 1 heteroatoms. The third-order valence-corrected chi connectivity index (χ3v) is 4.58. The van der Waals surface area contributed by atoms with E-state index in [0.717, 1.165) is 17.9 Å². The van der Waals surface area contributed by atoms with E-state index in [1.54, 1.807) is 0 Å².